The molecule has 2 aromatic carbocycles. The second kappa shape index (κ2) is 7.90. The number of Topliss-reactive ketones (excluding diaryl/α,β-unsaturated/α-hetero) is 1. The Labute approximate surface area is 177 Å². The summed E-state index contributed by atoms with van der Waals surface area (Å²) in [5, 5.41) is 5.53. The first kappa shape index (κ1) is 18.9. The van der Waals surface area contributed by atoms with Crippen molar-refractivity contribution < 1.29 is 4.79 Å². The van der Waals surface area contributed by atoms with Gasteiger partial charge in [-0.1, -0.05) is 57.5 Å². The number of fused-ring (bicyclic) bond motifs is 1. The fourth-order valence-corrected chi connectivity index (χ4v) is 3.82. The maximum atomic E-state index is 12.4. The van der Waals surface area contributed by atoms with Crippen LogP contribution in [0.4, 0.5) is 0 Å². The Hall–Kier alpha value is -2.42. The average molecular weight is 476 g/mol. The van der Waals surface area contributed by atoms with Crippen LogP contribution in [0.5, 0.6) is 0 Å². The zero-order valence-corrected chi connectivity index (χ0v) is 17.4. The molecule has 0 unspecified atom stereocenters. The molecule has 0 radical (unpaired) electrons. The molecule has 0 fully saturated rings. The van der Waals surface area contributed by atoms with Crippen molar-refractivity contribution in [3.63, 3.8) is 0 Å². The molecule has 4 aromatic rings. The maximum absolute atomic E-state index is 12.4. The van der Waals surface area contributed by atoms with Crippen molar-refractivity contribution in [3.05, 3.63) is 80.1 Å². The lowest BCUT2D eigenvalue weighted by molar-refractivity contribution is 0.102. The van der Waals surface area contributed by atoms with E-state index in [0.29, 0.717) is 32.5 Å². The Morgan fingerprint density at radius 2 is 2.00 bits per heavy atom. The highest BCUT2D eigenvalue weighted by Gasteiger charge is 2.14. The van der Waals surface area contributed by atoms with Crippen LogP contribution in [-0.2, 0) is 0 Å². The van der Waals surface area contributed by atoms with E-state index in [1.165, 1.54) is 18.0 Å². The summed E-state index contributed by atoms with van der Waals surface area (Å²) in [7, 11) is 0. The van der Waals surface area contributed by atoms with Crippen LogP contribution in [0.2, 0.25) is 5.02 Å². The third-order valence-electron chi connectivity index (χ3n) is 3.98. The van der Waals surface area contributed by atoms with E-state index < -0.39 is 0 Å². The monoisotopic (exact) mass is 474 g/mol. The molecular formula is C19H12BrClN4O2S. The molecule has 0 amide bonds. The lowest BCUT2D eigenvalue weighted by Crippen LogP contribution is -2.11. The number of H-pyrrole nitrogens is 1. The zero-order chi connectivity index (χ0) is 19.7. The number of carbonyl (C=O) groups is 1. The van der Waals surface area contributed by atoms with Crippen LogP contribution in [0.15, 0.2) is 69.2 Å². The first-order valence-corrected chi connectivity index (χ1v) is 10.3. The number of thioether (sulfide) groups is 1. The fourth-order valence-electron chi connectivity index (χ4n) is 2.62. The molecule has 28 heavy (non-hydrogen) atoms. The number of benzene rings is 2. The Kier molecular flexibility index (Phi) is 5.34. The van der Waals surface area contributed by atoms with E-state index in [1.54, 1.807) is 35.0 Å². The van der Waals surface area contributed by atoms with Gasteiger partial charge in [-0.2, -0.15) is 5.10 Å². The lowest BCUT2D eigenvalue weighted by atomic mass is 10.2. The van der Waals surface area contributed by atoms with Gasteiger partial charge in [0.2, 0.25) is 0 Å². The molecule has 0 saturated carbocycles. The number of ketones is 1. The molecule has 0 atom stereocenters. The van der Waals surface area contributed by atoms with Gasteiger partial charge < -0.3 is 4.98 Å². The van der Waals surface area contributed by atoms with Gasteiger partial charge in [0.25, 0.3) is 5.56 Å². The summed E-state index contributed by atoms with van der Waals surface area (Å²) in [4.78, 5) is 31.9. The van der Waals surface area contributed by atoms with Crippen LogP contribution in [0.3, 0.4) is 0 Å². The van der Waals surface area contributed by atoms with Crippen molar-refractivity contribution in [2.75, 3.05) is 5.75 Å². The predicted octanol–water partition coefficient (Wildman–Crippen LogP) is 4.50. The van der Waals surface area contributed by atoms with Crippen molar-refractivity contribution in [2.45, 2.75) is 5.16 Å². The summed E-state index contributed by atoms with van der Waals surface area (Å²) in [6, 6.07) is 14.2. The Morgan fingerprint density at radius 3 is 2.75 bits per heavy atom. The van der Waals surface area contributed by atoms with Gasteiger partial charge in [0.05, 0.1) is 17.6 Å². The smallest absolute Gasteiger partial charge is 0.262 e. The summed E-state index contributed by atoms with van der Waals surface area (Å²) in [5.74, 6) is 0.102. The minimum absolute atomic E-state index is 0.0522. The van der Waals surface area contributed by atoms with E-state index in [0.717, 1.165) is 4.47 Å². The van der Waals surface area contributed by atoms with E-state index in [1.807, 2.05) is 18.2 Å². The molecular weight excluding hydrogens is 464 g/mol. The second-order valence-corrected chi connectivity index (χ2v) is 8.18. The molecule has 140 valence electrons. The Balaban J connectivity index is 1.63. The van der Waals surface area contributed by atoms with Gasteiger partial charge in [0.1, 0.15) is 5.39 Å². The van der Waals surface area contributed by atoms with Gasteiger partial charge >= 0.3 is 0 Å². The molecule has 0 aliphatic carbocycles. The quantitative estimate of drug-likeness (QED) is 0.261. The predicted molar refractivity (Wildman–Crippen MR) is 114 cm³/mol. The second-order valence-electron chi connectivity index (χ2n) is 5.86. The average Bonchev–Trinajstić information content (AvgIpc) is 3.11. The summed E-state index contributed by atoms with van der Waals surface area (Å²) < 4.78 is 2.46. The van der Waals surface area contributed by atoms with Crippen LogP contribution in [0, 0.1) is 0 Å². The third kappa shape index (κ3) is 3.89. The summed E-state index contributed by atoms with van der Waals surface area (Å²) >= 11 is 10.6. The molecule has 0 saturated heterocycles. The standard InChI is InChI=1S/C19H12BrClN4O2S/c20-12-6-4-11(5-7-12)16(26)10-28-19-23-17-15(18(27)24-19)9-22-25(17)14-3-1-2-13(21)8-14/h1-9H,10H2,(H,23,24,27). The third-order valence-corrected chi connectivity index (χ3v) is 5.61. The summed E-state index contributed by atoms with van der Waals surface area (Å²) in [6.07, 6.45) is 1.46. The first-order valence-electron chi connectivity index (χ1n) is 8.17. The van der Waals surface area contributed by atoms with E-state index in [4.69, 9.17) is 11.6 Å². The normalized spacial score (nSPS) is 11.1. The van der Waals surface area contributed by atoms with Crippen molar-refractivity contribution >= 4 is 56.1 Å². The molecule has 9 heteroatoms. The Morgan fingerprint density at radius 1 is 1.21 bits per heavy atom. The number of aromatic nitrogens is 4. The number of nitrogens with one attached hydrogen (secondary N) is 1. The van der Waals surface area contributed by atoms with Gasteiger partial charge in [-0.3, -0.25) is 9.59 Å². The van der Waals surface area contributed by atoms with Crippen LogP contribution in [0.1, 0.15) is 10.4 Å². The van der Waals surface area contributed by atoms with E-state index in [9.17, 15) is 9.59 Å². The van der Waals surface area contributed by atoms with E-state index in [-0.39, 0.29) is 17.1 Å². The SMILES string of the molecule is O=C(CSc1nc2c(cnn2-c2cccc(Cl)c2)c(=O)[nH]1)c1ccc(Br)cc1. The van der Waals surface area contributed by atoms with Crippen molar-refractivity contribution in [3.8, 4) is 5.69 Å². The maximum Gasteiger partial charge on any atom is 0.262 e. The molecule has 2 heterocycles. The van der Waals surface area contributed by atoms with Gasteiger partial charge in [-0.05, 0) is 30.3 Å². The largest absolute Gasteiger partial charge is 0.301 e. The van der Waals surface area contributed by atoms with E-state index >= 15 is 0 Å². The lowest BCUT2D eigenvalue weighted by Gasteiger charge is -2.05. The number of rotatable bonds is 5. The van der Waals surface area contributed by atoms with Gasteiger partial charge in [-0.15, -0.1) is 0 Å². The highest BCUT2D eigenvalue weighted by Crippen LogP contribution is 2.21. The highest BCUT2D eigenvalue weighted by molar-refractivity contribution is 9.10. The fraction of sp³-hybridized carbons (Fsp3) is 0.0526. The number of halogens is 2. The van der Waals surface area contributed by atoms with Crippen molar-refractivity contribution in [2.24, 2.45) is 0 Å². The van der Waals surface area contributed by atoms with Crippen LogP contribution in [0.25, 0.3) is 16.7 Å². The number of carbonyl (C=O) groups excluding carboxylic acids is 1. The number of hydrogen-bond acceptors (Lipinski definition) is 5. The van der Waals surface area contributed by atoms with Gasteiger partial charge in [0, 0.05) is 15.1 Å². The molecule has 4 rings (SSSR count). The molecule has 0 aliphatic heterocycles. The molecule has 0 aliphatic rings. The minimum atomic E-state index is -0.308. The number of nitrogens with zero attached hydrogens (tertiary/aromatic N) is 3. The number of hydrogen-bond donors (Lipinski definition) is 1. The van der Waals surface area contributed by atoms with Crippen LogP contribution in [-0.4, -0.2) is 31.3 Å². The van der Waals surface area contributed by atoms with Crippen molar-refractivity contribution in [1.29, 1.82) is 0 Å². The summed E-state index contributed by atoms with van der Waals surface area (Å²) in [5.41, 5.74) is 1.40. The van der Waals surface area contributed by atoms with Crippen molar-refractivity contribution in [1.82, 2.24) is 19.7 Å². The van der Waals surface area contributed by atoms with E-state index in [2.05, 4.69) is 31.0 Å². The molecule has 0 spiro atoms. The first-order chi connectivity index (χ1) is 13.5. The molecule has 0 bridgehead atoms. The molecule has 2 aromatic heterocycles. The summed E-state index contributed by atoms with van der Waals surface area (Å²) in [6.45, 7) is 0. The Bertz CT molecular complexity index is 1240. The van der Waals surface area contributed by atoms with Crippen LogP contribution < -0.4 is 5.56 Å². The number of aromatic amines is 1. The van der Waals surface area contributed by atoms with Gasteiger partial charge in [0.15, 0.2) is 16.6 Å². The highest BCUT2D eigenvalue weighted by atomic mass is 79.9. The molecule has 6 nitrogen and oxygen atoms in total. The zero-order valence-electron chi connectivity index (χ0n) is 14.2. The van der Waals surface area contributed by atoms with Gasteiger partial charge in [-0.25, -0.2) is 9.67 Å². The minimum Gasteiger partial charge on any atom is -0.301 e. The molecule has 1 N–H and O–H groups in total. The topological polar surface area (TPSA) is 80.6 Å². The van der Waals surface area contributed by atoms with Crippen LogP contribution >= 0.6 is 39.3 Å².